The number of anilines is 1. The van der Waals surface area contributed by atoms with Crippen molar-refractivity contribution >= 4 is 28.3 Å². The van der Waals surface area contributed by atoms with Gasteiger partial charge in [0.15, 0.2) is 5.13 Å². The predicted octanol–water partition coefficient (Wildman–Crippen LogP) is 1.72. The molecule has 1 atom stereocenters. The zero-order valence-corrected chi connectivity index (χ0v) is 12.3. The van der Waals surface area contributed by atoms with Crippen LogP contribution in [-0.4, -0.2) is 46.0 Å². The van der Waals surface area contributed by atoms with Crippen LogP contribution in [0.15, 0.2) is 5.38 Å². The van der Waals surface area contributed by atoms with Crippen molar-refractivity contribution < 1.29 is 14.7 Å². The lowest BCUT2D eigenvalue weighted by molar-refractivity contribution is -0.143. The highest BCUT2D eigenvalue weighted by atomic mass is 32.1. The maximum absolute atomic E-state index is 12.0. The standard InChI is InChI=1S/C13H19N3O3S/c1-9-8-20-13(14-9)15-11(17)7-16-6-4-2-3-5-10(16)12(18)19/h8,10H,2-7H2,1H3,(H,18,19)(H,14,15,17). The number of aromatic nitrogens is 1. The lowest BCUT2D eigenvalue weighted by Crippen LogP contribution is -2.44. The van der Waals surface area contributed by atoms with Crippen molar-refractivity contribution in [1.29, 1.82) is 0 Å². The molecule has 1 aliphatic heterocycles. The fourth-order valence-corrected chi connectivity index (χ4v) is 3.10. The number of hydrogen-bond acceptors (Lipinski definition) is 5. The van der Waals surface area contributed by atoms with Crippen molar-refractivity contribution in [1.82, 2.24) is 9.88 Å². The molecule has 0 aliphatic carbocycles. The molecule has 0 aromatic carbocycles. The maximum atomic E-state index is 12.0. The van der Waals surface area contributed by atoms with E-state index in [0.29, 0.717) is 18.1 Å². The molecule has 2 N–H and O–H groups in total. The smallest absolute Gasteiger partial charge is 0.320 e. The third kappa shape index (κ3) is 4.01. The molecular formula is C13H19N3O3S. The van der Waals surface area contributed by atoms with Crippen LogP contribution in [0.3, 0.4) is 0 Å². The molecule has 1 fully saturated rings. The number of carbonyl (C=O) groups is 2. The largest absolute Gasteiger partial charge is 0.480 e. The van der Waals surface area contributed by atoms with Crippen LogP contribution < -0.4 is 5.32 Å². The number of thiazole rings is 1. The summed E-state index contributed by atoms with van der Waals surface area (Å²) in [6.07, 6.45) is 3.47. The minimum atomic E-state index is -0.843. The lowest BCUT2D eigenvalue weighted by atomic mass is 10.1. The van der Waals surface area contributed by atoms with Gasteiger partial charge in [0.2, 0.25) is 5.91 Å². The van der Waals surface area contributed by atoms with Crippen LogP contribution in [0.5, 0.6) is 0 Å². The zero-order valence-electron chi connectivity index (χ0n) is 11.5. The number of aryl methyl sites for hydroxylation is 1. The van der Waals surface area contributed by atoms with Gasteiger partial charge in [0, 0.05) is 5.38 Å². The van der Waals surface area contributed by atoms with Crippen LogP contribution >= 0.6 is 11.3 Å². The van der Waals surface area contributed by atoms with E-state index < -0.39 is 12.0 Å². The molecule has 7 heteroatoms. The molecule has 0 spiro atoms. The molecule has 0 radical (unpaired) electrons. The van der Waals surface area contributed by atoms with Crippen molar-refractivity contribution in [3.63, 3.8) is 0 Å². The van der Waals surface area contributed by atoms with Crippen LogP contribution in [0.25, 0.3) is 0 Å². The number of likely N-dealkylation sites (tertiary alicyclic amines) is 1. The number of aliphatic carboxylic acids is 1. The third-order valence-corrected chi connectivity index (χ3v) is 4.24. The Hall–Kier alpha value is -1.47. The van der Waals surface area contributed by atoms with Crippen LogP contribution in [0.4, 0.5) is 5.13 Å². The van der Waals surface area contributed by atoms with E-state index in [0.717, 1.165) is 25.0 Å². The van der Waals surface area contributed by atoms with Gasteiger partial charge in [-0.2, -0.15) is 0 Å². The average Bonchev–Trinajstić information content (AvgIpc) is 2.64. The monoisotopic (exact) mass is 297 g/mol. The molecule has 1 aromatic rings. The minimum absolute atomic E-state index is 0.107. The number of hydrogen-bond donors (Lipinski definition) is 2. The molecular weight excluding hydrogens is 278 g/mol. The van der Waals surface area contributed by atoms with E-state index in [4.69, 9.17) is 0 Å². The predicted molar refractivity (Wildman–Crippen MR) is 76.9 cm³/mol. The Morgan fingerprint density at radius 3 is 2.95 bits per heavy atom. The summed E-state index contributed by atoms with van der Waals surface area (Å²) >= 11 is 1.37. The van der Waals surface area contributed by atoms with Gasteiger partial charge in [-0.1, -0.05) is 12.8 Å². The van der Waals surface area contributed by atoms with Gasteiger partial charge in [-0.15, -0.1) is 11.3 Å². The van der Waals surface area contributed by atoms with Gasteiger partial charge >= 0.3 is 5.97 Å². The first kappa shape index (κ1) is 14.9. The van der Waals surface area contributed by atoms with Crippen molar-refractivity contribution in [2.45, 2.75) is 38.6 Å². The summed E-state index contributed by atoms with van der Waals surface area (Å²) in [4.78, 5) is 29.2. The van der Waals surface area contributed by atoms with E-state index in [9.17, 15) is 14.7 Å². The minimum Gasteiger partial charge on any atom is -0.480 e. The quantitative estimate of drug-likeness (QED) is 0.884. The molecule has 1 aliphatic rings. The van der Waals surface area contributed by atoms with Gasteiger partial charge in [-0.3, -0.25) is 14.5 Å². The van der Waals surface area contributed by atoms with Crippen molar-refractivity contribution in [3.8, 4) is 0 Å². The normalized spacial score (nSPS) is 20.4. The number of carboxylic acid groups (broad SMARTS) is 1. The van der Waals surface area contributed by atoms with Crippen LogP contribution in [0.2, 0.25) is 0 Å². The Balaban J connectivity index is 1.95. The van der Waals surface area contributed by atoms with E-state index in [1.165, 1.54) is 11.3 Å². The Kier molecular flexibility index (Phi) is 5.08. The maximum Gasteiger partial charge on any atom is 0.320 e. The average molecular weight is 297 g/mol. The SMILES string of the molecule is Cc1csc(NC(=O)CN2CCCCCC2C(=O)O)n1. The second-order valence-electron chi connectivity index (χ2n) is 5.02. The van der Waals surface area contributed by atoms with Crippen LogP contribution in [-0.2, 0) is 9.59 Å². The molecule has 6 nitrogen and oxygen atoms in total. The van der Waals surface area contributed by atoms with Crippen molar-refractivity contribution in [3.05, 3.63) is 11.1 Å². The molecule has 0 saturated carbocycles. The molecule has 0 bridgehead atoms. The van der Waals surface area contributed by atoms with E-state index in [2.05, 4.69) is 10.3 Å². The fraction of sp³-hybridized carbons (Fsp3) is 0.615. The Morgan fingerprint density at radius 2 is 2.30 bits per heavy atom. The third-order valence-electron chi connectivity index (χ3n) is 3.36. The highest BCUT2D eigenvalue weighted by Crippen LogP contribution is 2.18. The first-order chi connectivity index (χ1) is 9.56. The lowest BCUT2D eigenvalue weighted by Gasteiger charge is -2.25. The van der Waals surface area contributed by atoms with Gasteiger partial charge in [0.1, 0.15) is 6.04 Å². The van der Waals surface area contributed by atoms with Gasteiger partial charge in [-0.05, 0) is 26.3 Å². The summed E-state index contributed by atoms with van der Waals surface area (Å²) < 4.78 is 0. The summed E-state index contributed by atoms with van der Waals surface area (Å²) in [7, 11) is 0. The highest BCUT2D eigenvalue weighted by molar-refractivity contribution is 7.13. The van der Waals surface area contributed by atoms with E-state index in [1.54, 1.807) is 4.90 Å². The molecule has 1 unspecified atom stereocenters. The summed E-state index contributed by atoms with van der Waals surface area (Å²) in [6, 6.07) is -0.554. The van der Waals surface area contributed by atoms with E-state index in [1.807, 2.05) is 12.3 Å². The second kappa shape index (κ2) is 6.81. The molecule has 1 aromatic heterocycles. The van der Waals surface area contributed by atoms with E-state index >= 15 is 0 Å². The first-order valence-electron chi connectivity index (χ1n) is 6.75. The number of nitrogens with zero attached hydrogens (tertiary/aromatic N) is 2. The Morgan fingerprint density at radius 1 is 1.50 bits per heavy atom. The van der Waals surface area contributed by atoms with E-state index in [-0.39, 0.29) is 12.5 Å². The first-order valence-corrected chi connectivity index (χ1v) is 7.63. The fourth-order valence-electron chi connectivity index (χ4n) is 2.39. The molecule has 2 heterocycles. The molecule has 2 rings (SSSR count). The van der Waals surface area contributed by atoms with Crippen LogP contribution in [0.1, 0.15) is 31.4 Å². The summed E-state index contributed by atoms with van der Waals surface area (Å²) in [5.74, 6) is -1.04. The number of carbonyl (C=O) groups excluding carboxylic acids is 1. The van der Waals surface area contributed by atoms with Crippen molar-refractivity contribution in [2.75, 3.05) is 18.4 Å². The topological polar surface area (TPSA) is 82.5 Å². The number of nitrogens with one attached hydrogen (secondary N) is 1. The highest BCUT2D eigenvalue weighted by Gasteiger charge is 2.28. The van der Waals surface area contributed by atoms with Gasteiger partial charge < -0.3 is 10.4 Å². The number of rotatable bonds is 4. The summed E-state index contributed by atoms with van der Waals surface area (Å²) in [5.41, 5.74) is 0.864. The molecule has 110 valence electrons. The van der Waals surface area contributed by atoms with Crippen molar-refractivity contribution in [2.24, 2.45) is 0 Å². The van der Waals surface area contributed by atoms with Crippen LogP contribution in [0, 0.1) is 6.92 Å². The summed E-state index contributed by atoms with van der Waals surface area (Å²) in [6.45, 7) is 2.62. The van der Waals surface area contributed by atoms with Gasteiger partial charge in [0.25, 0.3) is 0 Å². The van der Waals surface area contributed by atoms with Gasteiger partial charge in [-0.25, -0.2) is 4.98 Å². The second-order valence-corrected chi connectivity index (χ2v) is 5.87. The molecule has 1 amide bonds. The number of amides is 1. The molecule has 1 saturated heterocycles. The molecule has 20 heavy (non-hydrogen) atoms. The summed E-state index contributed by atoms with van der Waals surface area (Å²) in [5, 5.41) is 14.4. The Bertz CT molecular complexity index is 489. The van der Waals surface area contributed by atoms with Gasteiger partial charge in [0.05, 0.1) is 12.2 Å². The Labute approximate surface area is 121 Å². The zero-order chi connectivity index (χ0) is 14.5. The number of carboxylic acids is 1.